The maximum Gasteiger partial charge on any atom is 0.220 e. The molecular formula is C8H20BNO. The largest absolute Gasteiger partial charge is 0.311 e. The molecule has 11 heavy (non-hydrogen) atoms. The van der Waals surface area contributed by atoms with Crippen LogP contribution in [0, 0.1) is 5.92 Å². The molecule has 2 nitrogen and oxygen atoms in total. The highest BCUT2D eigenvalue weighted by Gasteiger charge is 2.01. The van der Waals surface area contributed by atoms with Crippen molar-refractivity contribution < 1.29 is 4.84 Å². The Balaban J connectivity index is 3.15. The molecule has 0 aliphatic carbocycles. The Hall–Kier alpha value is -0.0151. The van der Waals surface area contributed by atoms with E-state index in [0.29, 0.717) is 5.92 Å². The molecule has 0 aromatic rings. The first-order chi connectivity index (χ1) is 5.16. The quantitative estimate of drug-likeness (QED) is 0.424. The highest BCUT2D eigenvalue weighted by Crippen LogP contribution is 2.07. The number of hydroxylamine groups is 1. The van der Waals surface area contributed by atoms with Crippen LogP contribution in [0.25, 0.3) is 0 Å². The van der Waals surface area contributed by atoms with E-state index in [1.165, 1.54) is 19.3 Å². The van der Waals surface area contributed by atoms with E-state index >= 15 is 0 Å². The number of unbranched alkanes of at least 4 members (excludes halogenated alkanes) is 1. The Kier molecular flexibility index (Phi) is 6.67. The van der Waals surface area contributed by atoms with E-state index in [1.54, 1.807) is 4.97 Å². The lowest BCUT2D eigenvalue weighted by atomic mass is 10.1. The monoisotopic (exact) mass is 157 g/mol. The predicted octanol–water partition coefficient (Wildman–Crippen LogP) is 1.22. The summed E-state index contributed by atoms with van der Waals surface area (Å²) >= 11 is 0. The fraction of sp³-hybridized carbons (Fsp3) is 1.00. The summed E-state index contributed by atoms with van der Waals surface area (Å²) in [6, 6.07) is 0. The van der Waals surface area contributed by atoms with Crippen LogP contribution in [0.3, 0.4) is 0 Å². The molecule has 0 rings (SSSR count). The number of hydrogen-bond acceptors (Lipinski definition) is 2. The summed E-state index contributed by atoms with van der Waals surface area (Å²) in [6.45, 7) is 5.31. The number of rotatable bonds is 6. The summed E-state index contributed by atoms with van der Waals surface area (Å²) in [6.07, 6.45) is 3.88. The summed E-state index contributed by atoms with van der Waals surface area (Å²) < 4.78 is 0. The van der Waals surface area contributed by atoms with Gasteiger partial charge in [-0.25, -0.2) is 4.97 Å². The molecule has 0 fully saturated rings. The molecule has 3 heteroatoms. The van der Waals surface area contributed by atoms with Crippen LogP contribution >= 0.6 is 0 Å². The molecule has 0 aromatic heterocycles. The van der Waals surface area contributed by atoms with Crippen LogP contribution in [0.4, 0.5) is 0 Å². The first kappa shape index (κ1) is 11.0. The van der Waals surface area contributed by atoms with Gasteiger partial charge >= 0.3 is 0 Å². The zero-order chi connectivity index (χ0) is 8.69. The zero-order valence-electron chi connectivity index (χ0n) is 8.26. The van der Waals surface area contributed by atoms with Crippen LogP contribution in [0.5, 0.6) is 0 Å². The molecule has 0 amide bonds. The molecule has 0 spiro atoms. The van der Waals surface area contributed by atoms with Gasteiger partial charge in [-0.1, -0.05) is 26.7 Å². The van der Waals surface area contributed by atoms with Crippen molar-refractivity contribution in [2.75, 3.05) is 13.7 Å². The molecule has 1 atom stereocenters. The van der Waals surface area contributed by atoms with E-state index in [2.05, 4.69) is 13.8 Å². The van der Waals surface area contributed by atoms with Crippen molar-refractivity contribution in [1.82, 2.24) is 4.97 Å². The van der Waals surface area contributed by atoms with Crippen LogP contribution < -0.4 is 0 Å². The Morgan fingerprint density at radius 3 is 2.64 bits per heavy atom. The van der Waals surface area contributed by atoms with E-state index < -0.39 is 0 Å². The van der Waals surface area contributed by atoms with Gasteiger partial charge in [-0.05, 0) is 19.4 Å². The first-order valence-electron chi connectivity index (χ1n) is 4.47. The third-order valence-corrected chi connectivity index (χ3v) is 1.67. The average Bonchev–Trinajstić information content (AvgIpc) is 1.97. The molecule has 0 N–H and O–H groups in total. The average molecular weight is 157 g/mol. The van der Waals surface area contributed by atoms with Gasteiger partial charge in [0.1, 0.15) is 0 Å². The van der Waals surface area contributed by atoms with Crippen LogP contribution in [-0.4, -0.2) is 26.6 Å². The van der Waals surface area contributed by atoms with Crippen molar-refractivity contribution in [3.8, 4) is 0 Å². The van der Waals surface area contributed by atoms with Crippen LogP contribution in [-0.2, 0) is 4.84 Å². The Morgan fingerprint density at radius 1 is 1.55 bits per heavy atom. The summed E-state index contributed by atoms with van der Waals surface area (Å²) in [5, 5.41) is 0. The Labute approximate surface area is 71.3 Å². The molecule has 66 valence electrons. The molecule has 0 aromatic carbocycles. The minimum Gasteiger partial charge on any atom is -0.311 e. The predicted molar refractivity (Wildman–Crippen MR) is 50.9 cm³/mol. The molecule has 0 saturated heterocycles. The van der Waals surface area contributed by atoms with Crippen molar-refractivity contribution in [2.24, 2.45) is 5.92 Å². The van der Waals surface area contributed by atoms with Gasteiger partial charge in [0.05, 0.1) is 6.61 Å². The molecular weight excluding hydrogens is 137 g/mol. The topological polar surface area (TPSA) is 12.5 Å². The smallest absolute Gasteiger partial charge is 0.220 e. The maximum atomic E-state index is 5.33. The van der Waals surface area contributed by atoms with Gasteiger partial charge in [0.15, 0.2) is 0 Å². The van der Waals surface area contributed by atoms with Crippen LogP contribution in [0.1, 0.15) is 33.1 Å². The molecule has 1 unspecified atom stereocenters. The normalized spacial score (nSPS) is 13.8. The van der Waals surface area contributed by atoms with E-state index in [0.717, 1.165) is 6.61 Å². The second-order valence-corrected chi connectivity index (χ2v) is 3.36. The third kappa shape index (κ3) is 7.89. The second-order valence-electron chi connectivity index (χ2n) is 3.36. The van der Waals surface area contributed by atoms with Gasteiger partial charge in [0.25, 0.3) is 0 Å². The van der Waals surface area contributed by atoms with Gasteiger partial charge in [-0.15, -0.1) is 0 Å². The lowest BCUT2D eigenvalue weighted by molar-refractivity contribution is -0.0797. The molecule has 0 heterocycles. The second kappa shape index (κ2) is 6.68. The molecule has 0 aliphatic rings. The lowest BCUT2D eigenvalue weighted by Crippen LogP contribution is -2.18. The van der Waals surface area contributed by atoms with Crippen LogP contribution in [0.15, 0.2) is 0 Å². The molecule has 0 bridgehead atoms. The number of hydrogen-bond donors (Lipinski definition) is 0. The van der Waals surface area contributed by atoms with Gasteiger partial charge < -0.3 is 4.84 Å². The molecule has 0 aliphatic heterocycles. The Bertz CT molecular complexity index is 88.2. The fourth-order valence-corrected chi connectivity index (χ4v) is 0.912. The van der Waals surface area contributed by atoms with Crippen molar-refractivity contribution in [1.29, 1.82) is 0 Å². The zero-order valence-corrected chi connectivity index (χ0v) is 8.26. The van der Waals surface area contributed by atoms with E-state index in [4.69, 9.17) is 4.84 Å². The van der Waals surface area contributed by atoms with Gasteiger partial charge in [-0.2, -0.15) is 0 Å². The molecule has 0 radical (unpaired) electrons. The minimum absolute atomic E-state index is 0.692. The summed E-state index contributed by atoms with van der Waals surface area (Å²) in [7, 11) is 3.85. The van der Waals surface area contributed by atoms with Gasteiger partial charge in [0.2, 0.25) is 7.98 Å². The van der Waals surface area contributed by atoms with Gasteiger partial charge in [-0.3, -0.25) is 0 Å². The van der Waals surface area contributed by atoms with Crippen molar-refractivity contribution in [3.05, 3.63) is 0 Å². The Morgan fingerprint density at radius 2 is 2.18 bits per heavy atom. The van der Waals surface area contributed by atoms with Gasteiger partial charge in [0, 0.05) is 0 Å². The first-order valence-corrected chi connectivity index (χ1v) is 4.47. The van der Waals surface area contributed by atoms with Crippen molar-refractivity contribution >= 4 is 7.98 Å². The molecule has 0 saturated carbocycles. The van der Waals surface area contributed by atoms with Crippen molar-refractivity contribution in [2.45, 2.75) is 33.1 Å². The highest BCUT2D eigenvalue weighted by atomic mass is 16.7. The number of nitrogens with zero attached hydrogens (tertiary/aromatic N) is 1. The highest BCUT2D eigenvalue weighted by molar-refractivity contribution is 6.03. The maximum absolute atomic E-state index is 5.33. The fourth-order valence-electron chi connectivity index (χ4n) is 0.912. The standard InChI is InChI=1S/C8H20BNO/c1-4-5-6-8(2)7-11-10(3)9/h8H,4-7,9H2,1-3H3. The van der Waals surface area contributed by atoms with E-state index in [-0.39, 0.29) is 0 Å². The van der Waals surface area contributed by atoms with Crippen LogP contribution in [0.2, 0.25) is 0 Å². The minimum atomic E-state index is 0.692. The summed E-state index contributed by atoms with van der Waals surface area (Å²) in [5.74, 6) is 0.692. The van der Waals surface area contributed by atoms with E-state index in [1.807, 2.05) is 15.0 Å². The lowest BCUT2D eigenvalue weighted by Gasteiger charge is -2.15. The van der Waals surface area contributed by atoms with Crippen molar-refractivity contribution in [3.63, 3.8) is 0 Å². The summed E-state index contributed by atoms with van der Waals surface area (Å²) in [4.78, 5) is 7.10. The SMILES string of the molecule is BN(C)OCC(C)CCCC. The van der Waals surface area contributed by atoms with E-state index in [9.17, 15) is 0 Å². The summed E-state index contributed by atoms with van der Waals surface area (Å²) in [5.41, 5.74) is 0. The third-order valence-electron chi connectivity index (χ3n) is 1.67.